The van der Waals surface area contributed by atoms with Gasteiger partial charge < -0.3 is 19.5 Å². The molecule has 0 unspecified atom stereocenters. The van der Waals surface area contributed by atoms with E-state index in [1.807, 2.05) is 64.1 Å². The van der Waals surface area contributed by atoms with E-state index in [0.717, 1.165) is 28.9 Å². The molecule has 2 rings (SSSR count). The highest BCUT2D eigenvalue weighted by Crippen LogP contribution is 2.31. The summed E-state index contributed by atoms with van der Waals surface area (Å²) in [5, 5.41) is 3.12. The van der Waals surface area contributed by atoms with Crippen LogP contribution in [0.3, 0.4) is 0 Å². The Kier molecular flexibility index (Phi) is 7.73. The van der Waals surface area contributed by atoms with Gasteiger partial charge in [-0.05, 0) is 61.6 Å². The van der Waals surface area contributed by atoms with Crippen molar-refractivity contribution in [1.29, 1.82) is 0 Å². The molecule has 5 heteroatoms. The van der Waals surface area contributed by atoms with Crippen LogP contribution in [0.15, 0.2) is 36.4 Å². The Morgan fingerprint density at radius 2 is 1.64 bits per heavy atom. The second-order valence-electron chi connectivity index (χ2n) is 6.87. The van der Waals surface area contributed by atoms with Crippen LogP contribution in [0, 0.1) is 13.8 Å². The number of carbonyl (C=O) groups is 1. The van der Waals surface area contributed by atoms with Crippen LogP contribution in [0.2, 0.25) is 0 Å². The van der Waals surface area contributed by atoms with Gasteiger partial charge in [0, 0.05) is 0 Å². The summed E-state index contributed by atoms with van der Waals surface area (Å²) in [5.74, 6) is 1.94. The maximum atomic E-state index is 12.9. The highest BCUT2D eigenvalue weighted by molar-refractivity contribution is 5.81. The number of nitrogens with one attached hydrogen (secondary N) is 1. The van der Waals surface area contributed by atoms with Crippen LogP contribution in [0.4, 0.5) is 0 Å². The van der Waals surface area contributed by atoms with E-state index in [0.29, 0.717) is 17.9 Å². The molecule has 0 heterocycles. The van der Waals surface area contributed by atoms with Gasteiger partial charge in [-0.2, -0.15) is 0 Å². The van der Waals surface area contributed by atoms with Gasteiger partial charge in [0.2, 0.25) is 0 Å². The van der Waals surface area contributed by atoms with Crippen molar-refractivity contribution in [1.82, 2.24) is 5.32 Å². The first kappa shape index (κ1) is 21.6. The summed E-state index contributed by atoms with van der Waals surface area (Å²) >= 11 is 0. The second kappa shape index (κ2) is 10.0. The Hall–Kier alpha value is -2.69. The number of aryl methyl sites for hydroxylation is 2. The SMILES string of the molecule is CC[C@@H](Oc1cc(C)ccc1C)C(=O)N[C@H](CC)c1ccc(OC)c(OC)c1. The monoisotopic (exact) mass is 385 g/mol. The molecule has 0 radical (unpaired) electrons. The van der Waals surface area contributed by atoms with Crippen LogP contribution in [0.1, 0.15) is 49.4 Å². The molecule has 28 heavy (non-hydrogen) atoms. The molecule has 2 aromatic rings. The molecule has 0 saturated heterocycles. The molecule has 0 saturated carbocycles. The fourth-order valence-corrected chi connectivity index (χ4v) is 3.07. The van der Waals surface area contributed by atoms with Crippen molar-refractivity contribution in [2.75, 3.05) is 14.2 Å². The van der Waals surface area contributed by atoms with Gasteiger partial charge in [0.25, 0.3) is 5.91 Å². The molecule has 0 spiro atoms. The molecular weight excluding hydrogens is 354 g/mol. The fraction of sp³-hybridized carbons (Fsp3) is 0.435. The summed E-state index contributed by atoms with van der Waals surface area (Å²) in [5.41, 5.74) is 3.09. The van der Waals surface area contributed by atoms with Gasteiger partial charge in [0.15, 0.2) is 17.6 Å². The predicted octanol–water partition coefficient (Wildman–Crippen LogP) is 4.75. The van der Waals surface area contributed by atoms with Crippen LogP contribution in [0.5, 0.6) is 17.2 Å². The molecular formula is C23H31NO4. The zero-order chi connectivity index (χ0) is 20.7. The smallest absolute Gasteiger partial charge is 0.261 e. The van der Waals surface area contributed by atoms with Gasteiger partial charge in [-0.25, -0.2) is 0 Å². The van der Waals surface area contributed by atoms with Crippen molar-refractivity contribution >= 4 is 5.91 Å². The van der Waals surface area contributed by atoms with Gasteiger partial charge >= 0.3 is 0 Å². The number of ether oxygens (including phenoxy) is 3. The van der Waals surface area contributed by atoms with E-state index in [-0.39, 0.29) is 11.9 Å². The van der Waals surface area contributed by atoms with E-state index in [1.165, 1.54) is 0 Å². The lowest BCUT2D eigenvalue weighted by Gasteiger charge is -2.23. The third-order valence-corrected chi connectivity index (χ3v) is 4.81. The molecule has 5 nitrogen and oxygen atoms in total. The summed E-state index contributed by atoms with van der Waals surface area (Å²) in [6.45, 7) is 7.98. The summed E-state index contributed by atoms with van der Waals surface area (Å²) in [6.07, 6.45) is 0.789. The van der Waals surface area contributed by atoms with E-state index >= 15 is 0 Å². The molecule has 152 valence electrons. The molecule has 1 N–H and O–H groups in total. The molecule has 0 aliphatic carbocycles. The highest BCUT2D eigenvalue weighted by Gasteiger charge is 2.23. The first-order chi connectivity index (χ1) is 13.4. The van der Waals surface area contributed by atoms with E-state index in [4.69, 9.17) is 14.2 Å². The standard InChI is InChI=1S/C23H31NO4/c1-7-18(17-11-12-20(26-5)22(14-17)27-6)24-23(25)19(8-2)28-21-13-15(3)9-10-16(21)4/h9-14,18-19H,7-8H2,1-6H3,(H,24,25)/t18-,19-/m1/s1. The number of hydrogen-bond donors (Lipinski definition) is 1. The Morgan fingerprint density at radius 1 is 0.929 bits per heavy atom. The van der Waals surface area contributed by atoms with Crippen molar-refractivity contribution in [2.24, 2.45) is 0 Å². The lowest BCUT2D eigenvalue weighted by atomic mass is 10.0. The average Bonchev–Trinajstić information content (AvgIpc) is 2.71. The van der Waals surface area contributed by atoms with E-state index < -0.39 is 6.10 Å². The molecule has 1 amide bonds. The van der Waals surface area contributed by atoms with Crippen molar-refractivity contribution in [3.63, 3.8) is 0 Å². The first-order valence-electron chi connectivity index (χ1n) is 9.69. The van der Waals surface area contributed by atoms with Gasteiger partial charge in [0.05, 0.1) is 20.3 Å². The number of benzene rings is 2. The topological polar surface area (TPSA) is 56.8 Å². The Balaban J connectivity index is 2.16. The Bertz CT molecular complexity index is 803. The molecule has 0 aliphatic rings. The molecule has 0 aromatic heterocycles. The second-order valence-corrected chi connectivity index (χ2v) is 6.87. The van der Waals surface area contributed by atoms with Gasteiger partial charge in [-0.3, -0.25) is 4.79 Å². The number of carbonyl (C=O) groups excluding carboxylic acids is 1. The Morgan fingerprint density at radius 3 is 2.25 bits per heavy atom. The molecule has 2 aromatic carbocycles. The minimum absolute atomic E-state index is 0.120. The molecule has 0 bridgehead atoms. The summed E-state index contributed by atoms with van der Waals surface area (Å²) in [4.78, 5) is 12.9. The quantitative estimate of drug-likeness (QED) is 0.677. The van der Waals surface area contributed by atoms with Crippen LogP contribution >= 0.6 is 0 Å². The summed E-state index contributed by atoms with van der Waals surface area (Å²) in [6, 6.07) is 11.6. The number of methoxy groups -OCH3 is 2. The van der Waals surface area contributed by atoms with E-state index in [1.54, 1.807) is 14.2 Å². The lowest BCUT2D eigenvalue weighted by Crippen LogP contribution is -2.40. The predicted molar refractivity (Wildman–Crippen MR) is 111 cm³/mol. The van der Waals surface area contributed by atoms with Gasteiger partial charge in [0.1, 0.15) is 5.75 Å². The molecule has 2 atom stereocenters. The van der Waals surface area contributed by atoms with E-state index in [2.05, 4.69) is 5.32 Å². The largest absolute Gasteiger partial charge is 0.493 e. The average molecular weight is 386 g/mol. The third kappa shape index (κ3) is 5.18. The van der Waals surface area contributed by atoms with Gasteiger partial charge in [-0.1, -0.05) is 32.0 Å². The summed E-state index contributed by atoms with van der Waals surface area (Å²) < 4.78 is 16.7. The molecule has 0 fully saturated rings. The fourth-order valence-electron chi connectivity index (χ4n) is 3.07. The Labute approximate surface area is 168 Å². The van der Waals surface area contributed by atoms with Crippen molar-refractivity contribution in [2.45, 2.75) is 52.7 Å². The highest BCUT2D eigenvalue weighted by atomic mass is 16.5. The maximum Gasteiger partial charge on any atom is 0.261 e. The number of hydrogen-bond acceptors (Lipinski definition) is 4. The van der Waals surface area contributed by atoms with Crippen LogP contribution < -0.4 is 19.5 Å². The minimum atomic E-state index is -0.547. The van der Waals surface area contributed by atoms with Crippen molar-refractivity contribution in [3.05, 3.63) is 53.1 Å². The van der Waals surface area contributed by atoms with Crippen molar-refractivity contribution in [3.8, 4) is 17.2 Å². The minimum Gasteiger partial charge on any atom is -0.493 e. The summed E-state index contributed by atoms with van der Waals surface area (Å²) in [7, 11) is 3.21. The van der Waals surface area contributed by atoms with Crippen LogP contribution in [-0.2, 0) is 4.79 Å². The maximum absolute atomic E-state index is 12.9. The number of amides is 1. The van der Waals surface area contributed by atoms with Crippen LogP contribution in [0.25, 0.3) is 0 Å². The third-order valence-electron chi connectivity index (χ3n) is 4.81. The normalized spacial score (nSPS) is 12.8. The first-order valence-corrected chi connectivity index (χ1v) is 9.69. The zero-order valence-corrected chi connectivity index (χ0v) is 17.7. The van der Waals surface area contributed by atoms with E-state index in [9.17, 15) is 4.79 Å². The van der Waals surface area contributed by atoms with Crippen LogP contribution in [-0.4, -0.2) is 26.2 Å². The lowest BCUT2D eigenvalue weighted by molar-refractivity contribution is -0.129. The van der Waals surface area contributed by atoms with Crippen molar-refractivity contribution < 1.29 is 19.0 Å². The van der Waals surface area contributed by atoms with Gasteiger partial charge in [-0.15, -0.1) is 0 Å². The number of rotatable bonds is 9. The zero-order valence-electron chi connectivity index (χ0n) is 17.7. The molecule has 0 aliphatic heterocycles.